The summed E-state index contributed by atoms with van der Waals surface area (Å²) in [5.41, 5.74) is 2.90. The van der Waals surface area contributed by atoms with Gasteiger partial charge in [0.2, 0.25) is 0 Å². The molecule has 7 heteroatoms. The number of anilines is 1. The van der Waals surface area contributed by atoms with Gasteiger partial charge in [-0.1, -0.05) is 6.58 Å². The van der Waals surface area contributed by atoms with E-state index in [0.717, 1.165) is 6.20 Å². The van der Waals surface area contributed by atoms with Crippen molar-refractivity contribution in [2.75, 3.05) is 11.4 Å². The lowest BCUT2D eigenvalue weighted by Gasteiger charge is -2.27. The Morgan fingerprint density at radius 2 is 2.25 bits per heavy atom. The van der Waals surface area contributed by atoms with Crippen LogP contribution >= 0.6 is 0 Å². The van der Waals surface area contributed by atoms with Crippen LogP contribution in [-0.4, -0.2) is 32.1 Å². The molecular weight excluding hydrogens is 355 g/mol. The molecule has 0 unspecified atom stereocenters. The normalized spacial score (nSPS) is 27.9. The number of nitrogens with zero attached hydrogens (tertiary/aromatic N) is 5. The summed E-state index contributed by atoms with van der Waals surface area (Å²) in [4.78, 5) is 10.3. The van der Waals surface area contributed by atoms with Gasteiger partial charge in [-0.2, -0.15) is 5.10 Å². The van der Waals surface area contributed by atoms with Gasteiger partial charge in [-0.05, 0) is 50.3 Å². The van der Waals surface area contributed by atoms with Crippen molar-refractivity contribution in [2.45, 2.75) is 44.6 Å². The van der Waals surface area contributed by atoms with Crippen molar-refractivity contribution in [1.29, 1.82) is 0 Å². The molecule has 1 N–H and O–H groups in total. The maximum atomic E-state index is 14.3. The number of rotatable bonds is 0. The minimum atomic E-state index is -2.38. The van der Waals surface area contributed by atoms with E-state index in [1.165, 1.54) is 11.0 Å². The topological polar surface area (TPSA) is 58.4 Å². The molecule has 6 nitrogen and oxygen atoms in total. The molecule has 3 aromatic heterocycles. The van der Waals surface area contributed by atoms with Gasteiger partial charge in [0.1, 0.15) is 11.6 Å². The molecular formula is C21H23FN6. The Balaban J connectivity index is 1.78. The van der Waals surface area contributed by atoms with Crippen molar-refractivity contribution in [2.24, 2.45) is 0 Å². The fourth-order valence-corrected chi connectivity index (χ4v) is 3.85. The number of pyridine rings is 1. The van der Waals surface area contributed by atoms with E-state index >= 15 is 0 Å². The number of hydrogen-bond acceptors (Lipinski definition) is 5. The molecule has 0 radical (unpaired) electrons. The van der Waals surface area contributed by atoms with Gasteiger partial charge in [-0.3, -0.25) is 4.98 Å². The Hall–Kier alpha value is -2.96. The molecule has 3 aromatic rings. The summed E-state index contributed by atoms with van der Waals surface area (Å²) in [6.45, 7) is 3.76. The van der Waals surface area contributed by atoms with Gasteiger partial charge in [-0.15, -0.1) is 0 Å². The van der Waals surface area contributed by atoms with Crippen molar-refractivity contribution in [3.63, 3.8) is 0 Å². The second-order valence-electron chi connectivity index (χ2n) is 7.24. The van der Waals surface area contributed by atoms with Crippen LogP contribution in [0.1, 0.15) is 54.5 Å². The molecule has 2 bridgehead atoms. The minimum absolute atomic E-state index is 0.0265. The number of aryl methyl sites for hydroxylation is 1. The molecule has 0 saturated carbocycles. The highest BCUT2D eigenvalue weighted by Gasteiger charge is 2.30. The second kappa shape index (κ2) is 6.58. The number of aromatic nitrogens is 4. The monoisotopic (exact) mass is 382 g/mol. The van der Waals surface area contributed by atoms with Crippen LogP contribution in [0.5, 0.6) is 0 Å². The SMILES string of the molecule is [2H]C1([2H])C[C@@H]2c3cc(F)cnc3CC[C@@H](C)NC(=C)c3cnn4ccc(nc34)N2C1([2H])[2H]. The van der Waals surface area contributed by atoms with E-state index in [-0.39, 0.29) is 18.3 Å². The number of hydrogen-bond donors (Lipinski definition) is 1. The average molecular weight is 382 g/mol. The first-order chi connectivity index (χ1) is 15.1. The summed E-state index contributed by atoms with van der Waals surface area (Å²) in [6.07, 6.45) is 3.30. The maximum Gasteiger partial charge on any atom is 0.166 e. The van der Waals surface area contributed by atoms with Crippen molar-refractivity contribution in [3.05, 3.63) is 59.9 Å². The Morgan fingerprint density at radius 3 is 3.14 bits per heavy atom. The summed E-state index contributed by atoms with van der Waals surface area (Å²) in [7, 11) is 0. The number of fused-ring (bicyclic) bond motifs is 5. The number of nitrogens with one attached hydrogen (secondary N) is 1. The van der Waals surface area contributed by atoms with Gasteiger partial charge in [0.15, 0.2) is 5.65 Å². The lowest BCUT2D eigenvalue weighted by molar-refractivity contribution is 0.575. The van der Waals surface area contributed by atoms with Crippen LogP contribution < -0.4 is 10.2 Å². The fourth-order valence-electron chi connectivity index (χ4n) is 3.85. The lowest BCUT2D eigenvalue weighted by atomic mass is 9.98. The van der Waals surface area contributed by atoms with E-state index in [1.807, 2.05) is 6.92 Å². The third-order valence-corrected chi connectivity index (χ3v) is 5.30. The highest BCUT2D eigenvalue weighted by atomic mass is 19.1. The summed E-state index contributed by atoms with van der Waals surface area (Å²) in [6, 6.07) is 2.20. The smallest absolute Gasteiger partial charge is 0.166 e. The van der Waals surface area contributed by atoms with E-state index in [9.17, 15) is 4.39 Å². The fraction of sp³-hybridized carbons (Fsp3) is 0.381. The van der Waals surface area contributed by atoms with Crippen molar-refractivity contribution >= 4 is 17.2 Å². The molecule has 5 heterocycles. The van der Waals surface area contributed by atoms with E-state index in [4.69, 9.17) is 5.48 Å². The van der Waals surface area contributed by atoms with Crippen LogP contribution in [0.4, 0.5) is 10.2 Å². The van der Waals surface area contributed by atoms with Crippen LogP contribution in [0.15, 0.2) is 37.3 Å². The molecule has 0 amide bonds. The molecule has 0 spiro atoms. The molecule has 1 fully saturated rings. The van der Waals surface area contributed by atoms with E-state index < -0.39 is 24.7 Å². The van der Waals surface area contributed by atoms with Crippen molar-refractivity contribution in [1.82, 2.24) is 24.9 Å². The molecule has 28 heavy (non-hydrogen) atoms. The standard InChI is InChI=1S/C21H23FN6/c1-13-5-6-18-16(10-15(22)11-23-18)19-4-3-8-27(19)20-7-9-28-21(26-20)17(12-24-28)14(2)25-13/h7,9-13,19,25H,2-6,8H2,1H3/t13-,19-/m1/s1/i3D2,8D2. The molecule has 2 aliphatic rings. The molecule has 2 aliphatic heterocycles. The Labute approximate surface area is 168 Å². The van der Waals surface area contributed by atoms with E-state index in [0.29, 0.717) is 41.0 Å². The molecule has 0 aromatic carbocycles. The first kappa shape index (κ1) is 13.3. The predicted molar refractivity (Wildman–Crippen MR) is 106 cm³/mol. The second-order valence-corrected chi connectivity index (χ2v) is 7.24. The molecule has 2 atom stereocenters. The van der Waals surface area contributed by atoms with Gasteiger partial charge < -0.3 is 10.2 Å². The van der Waals surface area contributed by atoms with Gasteiger partial charge in [0, 0.05) is 35.6 Å². The van der Waals surface area contributed by atoms with Crippen LogP contribution in [0.25, 0.3) is 11.3 Å². The zero-order valence-corrected chi connectivity index (χ0v) is 15.5. The Kier molecular flexibility index (Phi) is 3.12. The summed E-state index contributed by atoms with van der Waals surface area (Å²) < 4.78 is 50.0. The molecule has 5 rings (SSSR count). The number of halogens is 1. The van der Waals surface area contributed by atoms with Crippen LogP contribution in [-0.2, 0) is 6.42 Å². The van der Waals surface area contributed by atoms with Gasteiger partial charge in [0.25, 0.3) is 0 Å². The quantitative estimate of drug-likeness (QED) is 0.645. The first-order valence-corrected chi connectivity index (χ1v) is 9.32. The summed E-state index contributed by atoms with van der Waals surface area (Å²) in [5, 5.41) is 7.67. The summed E-state index contributed by atoms with van der Waals surface area (Å²) in [5.74, 6) is -0.298. The molecule has 144 valence electrons. The highest BCUT2D eigenvalue weighted by molar-refractivity contribution is 5.74. The van der Waals surface area contributed by atoms with E-state index in [1.54, 1.807) is 23.0 Å². The minimum Gasteiger partial charge on any atom is -0.382 e. The Bertz CT molecular complexity index is 1230. The van der Waals surface area contributed by atoms with Crippen molar-refractivity contribution in [3.8, 4) is 0 Å². The van der Waals surface area contributed by atoms with Crippen LogP contribution in [0, 0.1) is 5.82 Å². The largest absolute Gasteiger partial charge is 0.382 e. The highest BCUT2D eigenvalue weighted by Crippen LogP contribution is 2.37. The van der Waals surface area contributed by atoms with E-state index in [2.05, 4.69) is 27.0 Å². The lowest BCUT2D eigenvalue weighted by Crippen LogP contribution is -2.26. The summed E-state index contributed by atoms with van der Waals surface area (Å²) >= 11 is 0. The Morgan fingerprint density at radius 1 is 1.36 bits per heavy atom. The van der Waals surface area contributed by atoms with Gasteiger partial charge in [-0.25, -0.2) is 13.9 Å². The zero-order valence-electron chi connectivity index (χ0n) is 19.5. The van der Waals surface area contributed by atoms with Gasteiger partial charge >= 0.3 is 0 Å². The van der Waals surface area contributed by atoms with Crippen LogP contribution in [0.2, 0.25) is 0 Å². The molecule has 1 saturated heterocycles. The van der Waals surface area contributed by atoms with Crippen LogP contribution in [0.3, 0.4) is 0 Å². The average Bonchev–Trinajstić information content (AvgIpc) is 3.22. The third kappa shape index (κ3) is 2.82. The predicted octanol–water partition coefficient (Wildman–Crippen LogP) is 3.50. The third-order valence-electron chi connectivity index (χ3n) is 5.30. The zero-order chi connectivity index (χ0) is 22.8. The van der Waals surface area contributed by atoms with Crippen molar-refractivity contribution < 1.29 is 9.87 Å². The molecule has 0 aliphatic carbocycles. The van der Waals surface area contributed by atoms with Gasteiger partial charge in [0.05, 0.1) is 24.0 Å². The first-order valence-electron chi connectivity index (χ1n) is 11.3. The maximum absolute atomic E-state index is 14.3.